The van der Waals surface area contributed by atoms with Crippen molar-refractivity contribution >= 4 is 22.8 Å². The first kappa shape index (κ1) is 14.6. The Hall–Kier alpha value is -2.30. The molecule has 3 N–H and O–H groups in total. The van der Waals surface area contributed by atoms with Gasteiger partial charge >= 0.3 is 5.97 Å². The van der Waals surface area contributed by atoms with Crippen LogP contribution in [0.3, 0.4) is 0 Å². The minimum Gasteiger partial charge on any atom is -0.480 e. The summed E-state index contributed by atoms with van der Waals surface area (Å²) < 4.78 is 0. The van der Waals surface area contributed by atoms with Gasteiger partial charge in [-0.05, 0) is 30.4 Å². The van der Waals surface area contributed by atoms with Gasteiger partial charge in [-0.3, -0.25) is 4.79 Å². The number of H-pyrrole nitrogens is 1. The van der Waals surface area contributed by atoms with Crippen LogP contribution in [0.4, 0.5) is 0 Å². The second-order valence-corrected chi connectivity index (χ2v) is 6.02. The van der Waals surface area contributed by atoms with E-state index in [4.69, 9.17) is 0 Å². The SMILES string of the molecule is O=C(CC1CCC1)NC(Cc1c[nH]c2ccccc12)C(=O)O. The van der Waals surface area contributed by atoms with Crippen molar-refractivity contribution in [1.29, 1.82) is 0 Å². The molecule has 1 unspecified atom stereocenters. The Bertz CT molecular complexity index is 688. The van der Waals surface area contributed by atoms with Gasteiger partial charge in [-0.2, -0.15) is 0 Å². The molecule has 1 saturated carbocycles. The topological polar surface area (TPSA) is 82.2 Å². The van der Waals surface area contributed by atoms with E-state index in [0.29, 0.717) is 12.3 Å². The number of hydrogen-bond acceptors (Lipinski definition) is 2. The van der Waals surface area contributed by atoms with E-state index in [1.54, 1.807) is 0 Å². The number of aromatic amines is 1. The molecule has 0 bridgehead atoms. The number of fused-ring (bicyclic) bond motifs is 1. The first-order chi connectivity index (χ1) is 10.6. The van der Waals surface area contributed by atoms with Crippen LogP contribution in [0.1, 0.15) is 31.2 Å². The molecule has 116 valence electrons. The number of carboxylic acids is 1. The summed E-state index contributed by atoms with van der Waals surface area (Å²) in [5, 5.41) is 13.0. The van der Waals surface area contributed by atoms with E-state index in [-0.39, 0.29) is 12.3 Å². The number of para-hydroxylation sites is 1. The van der Waals surface area contributed by atoms with Crippen LogP contribution >= 0.6 is 0 Å². The van der Waals surface area contributed by atoms with Gasteiger partial charge in [0.2, 0.25) is 5.91 Å². The third-order valence-corrected chi connectivity index (χ3v) is 4.43. The minimum atomic E-state index is -0.993. The molecule has 0 spiro atoms. The van der Waals surface area contributed by atoms with Crippen LogP contribution in [0.5, 0.6) is 0 Å². The van der Waals surface area contributed by atoms with Crippen LogP contribution in [0.15, 0.2) is 30.5 Å². The number of carboxylic acid groups (broad SMARTS) is 1. The summed E-state index contributed by atoms with van der Waals surface area (Å²) in [5.74, 6) is -0.716. The Morgan fingerprint density at radius 2 is 2.09 bits per heavy atom. The number of amides is 1. The van der Waals surface area contributed by atoms with E-state index in [9.17, 15) is 14.7 Å². The van der Waals surface area contributed by atoms with Gasteiger partial charge in [0.25, 0.3) is 0 Å². The van der Waals surface area contributed by atoms with Crippen LogP contribution in [0, 0.1) is 5.92 Å². The van der Waals surface area contributed by atoms with Gasteiger partial charge in [0.05, 0.1) is 0 Å². The van der Waals surface area contributed by atoms with Gasteiger partial charge in [-0.15, -0.1) is 0 Å². The average Bonchev–Trinajstić information content (AvgIpc) is 2.85. The summed E-state index contributed by atoms with van der Waals surface area (Å²) >= 11 is 0. The number of aromatic nitrogens is 1. The van der Waals surface area contributed by atoms with Gasteiger partial charge in [-0.25, -0.2) is 4.79 Å². The zero-order chi connectivity index (χ0) is 15.5. The molecule has 1 aliphatic carbocycles. The number of benzene rings is 1. The van der Waals surface area contributed by atoms with Gasteiger partial charge in [0, 0.05) is 29.9 Å². The van der Waals surface area contributed by atoms with Crippen LogP contribution < -0.4 is 5.32 Å². The monoisotopic (exact) mass is 300 g/mol. The number of nitrogens with one attached hydrogen (secondary N) is 2. The standard InChI is InChI=1S/C17H20N2O3/c20-16(8-11-4-3-5-11)19-15(17(21)22)9-12-10-18-14-7-2-1-6-13(12)14/h1-2,6-7,10-11,15,18H,3-5,8-9H2,(H,19,20)(H,21,22). The molecule has 0 aliphatic heterocycles. The molecule has 1 aromatic carbocycles. The Balaban J connectivity index is 1.68. The molecule has 0 radical (unpaired) electrons. The highest BCUT2D eigenvalue weighted by Gasteiger charge is 2.25. The van der Waals surface area contributed by atoms with E-state index in [1.165, 1.54) is 6.42 Å². The molecule has 1 heterocycles. The average molecular weight is 300 g/mol. The zero-order valence-electron chi connectivity index (χ0n) is 12.3. The molecular formula is C17H20N2O3. The van der Waals surface area contributed by atoms with Crippen LogP contribution in [0.2, 0.25) is 0 Å². The molecule has 5 heteroatoms. The van der Waals surface area contributed by atoms with Crippen molar-refractivity contribution in [3.05, 3.63) is 36.0 Å². The van der Waals surface area contributed by atoms with Crippen molar-refractivity contribution in [3.63, 3.8) is 0 Å². The molecule has 1 aromatic heterocycles. The normalized spacial score (nSPS) is 16.2. The second kappa shape index (κ2) is 6.22. The molecule has 1 aliphatic rings. The predicted octanol–water partition coefficient (Wildman–Crippen LogP) is 2.47. The zero-order valence-corrected chi connectivity index (χ0v) is 12.3. The first-order valence-electron chi connectivity index (χ1n) is 7.70. The van der Waals surface area contributed by atoms with E-state index in [0.717, 1.165) is 29.3 Å². The molecule has 1 fully saturated rings. The highest BCUT2D eigenvalue weighted by atomic mass is 16.4. The number of aliphatic carboxylic acids is 1. The summed E-state index contributed by atoms with van der Waals surface area (Å²) in [6, 6.07) is 6.87. The molecular weight excluding hydrogens is 280 g/mol. The lowest BCUT2D eigenvalue weighted by molar-refractivity contribution is -0.142. The van der Waals surface area contributed by atoms with Crippen molar-refractivity contribution in [2.24, 2.45) is 5.92 Å². The van der Waals surface area contributed by atoms with Gasteiger partial charge in [0.1, 0.15) is 6.04 Å². The lowest BCUT2D eigenvalue weighted by Gasteiger charge is -2.25. The smallest absolute Gasteiger partial charge is 0.326 e. The maximum Gasteiger partial charge on any atom is 0.326 e. The van der Waals surface area contributed by atoms with Gasteiger partial charge in [0.15, 0.2) is 0 Å². The van der Waals surface area contributed by atoms with E-state index in [1.807, 2.05) is 30.5 Å². The fraction of sp³-hybridized carbons (Fsp3) is 0.412. The fourth-order valence-electron chi connectivity index (χ4n) is 2.93. The van der Waals surface area contributed by atoms with Crippen LogP contribution in [-0.4, -0.2) is 28.0 Å². The summed E-state index contributed by atoms with van der Waals surface area (Å²) in [6.07, 6.45) is 5.88. The Morgan fingerprint density at radius 3 is 2.77 bits per heavy atom. The first-order valence-corrected chi connectivity index (χ1v) is 7.70. The summed E-state index contributed by atoms with van der Waals surface area (Å²) in [5.41, 5.74) is 1.88. The van der Waals surface area contributed by atoms with E-state index < -0.39 is 12.0 Å². The van der Waals surface area contributed by atoms with E-state index >= 15 is 0 Å². The van der Waals surface area contributed by atoms with Gasteiger partial charge < -0.3 is 15.4 Å². The molecule has 1 atom stereocenters. The molecule has 0 saturated heterocycles. The summed E-state index contributed by atoms with van der Waals surface area (Å²) in [4.78, 5) is 26.5. The third-order valence-electron chi connectivity index (χ3n) is 4.43. The largest absolute Gasteiger partial charge is 0.480 e. The minimum absolute atomic E-state index is 0.156. The lowest BCUT2D eigenvalue weighted by atomic mass is 9.83. The highest BCUT2D eigenvalue weighted by molar-refractivity contribution is 5.86. The fourth-order valence-corrected chi connectivity index (χ4v) is 2.93. The van der Waals surface area contributed by atoms with Crippen molar-refractivity contribution in [3.8, 4) is 0 Å². The maximum absolute atomic E-state index is 12.0. The van der Waals surface area contributed by atoms with Gasteiger partial charge in [-0.1, -0.05) is 24.6 Å². The predicted molar refractivity (Wildman–Crippen MR) is 83.5 cm³/mol. The molecule has 22 heavy (non-hydrogen) atoms. The summed E-state index contributed by atoms with van der Waals surface area (Å²) in [6.45, 7) is 0. The van der Waals surface area contributed by atoms with Crippen molar-refractivity contribution in [2.75, 3.05) is 0 Å². The number of carbonyl (C=O) groups is 2. The quantitative estimate of drug-likeness (QED) is 0.766. The molecule has 3 rings (SSSR count). The number of hydrogen-bond donors (Lipinski definition) is 3. The highest BCUT2D eigenvalue weighted by Crippen LogP contribution is 2.29. The Morgan fingerprint density at radius 1 is 1.32 bits per heavy atom. The van der Waals surface area contributed by atoms with Crippen LogP contribution in [0.25, 0.3) is 10.9 Å². The molecule has 5 nitrogen and oxygen atoms in total. The van der Waals surface area contributed by atoms with E-state index in [2.05, 4.69) is 10.3 Å². The van der Waals surface area contributed by atoms with Crippen LogP contribution in [-0.2, 0) is 16.0 Å². The lowest BCUT2D eigenvalue weighted by Crippen LogP contribution is -2.43. The van der Waals surface area contributed by atoms with Crippen molar-refractivity contribution in [2.45, 2.75) is 38.1 Å². The Kier molecular flexibility index (Phi) is 4.13. The number of carbonyl (C=O) groups excluding carboxylic acids is 1. The van der Waals surface area contributed by atoms with Crippen molar-refractivity contribution < 1.29 is 14.7 Å². The third kappa shape index (κ3) is 3.13. The Labute approximate surface area is 128 Å². The number of rotatable bonds is 6. The molecule has 2 aromatic rings. The maximum atomic E-state index is 12.0. The molecule has 1 amide bonds. The summed E-state index contributed by atoms with van der Waals surface area (Å²) in [7, 11) is 0. The van der Waals surface area contributed by atoms with Crippen molar-refractivity contribution in [1.82, 2.24) is 10.3 Å². The second-order valence-electron chi connectivity index (χ2n) is 6.02.